The Morgan fingerprint density at radius 2 is 0.978 bits per heavy atom. The molecule has 0 unspecified atom stereocenters. The molecular weight excluding hydrogens is 1260 g/mol. The Morgan fingerprint density at radius 3 is 1.44 bits per heavy atom. The monoisotopic (exact) mass is 1340 g/mol. The van der Waals surface area contributed by atoms with Crippen molar-refractivity contribution in [3.8, 4) is 11.5 Å². The molecule has 4 saturated heterocycles. The second-order valence-electron chi connectivity index (χ2n) is 22.7. The van der Waals surface area contributed by atoms with E-state index in [0.29, 0.717) is 51.2 Å². The van der Waals surface area contributed by atoms with Crippen LogP contribution in [0.25, 0.3) is 22.1 Å². The molecule has 4 fully saturated rings. The van der Waals surface area contributed by atoms with Crippen molar-refractivity contribution in [2.45, 2.75) is 90.1 Å². The number of sulfonamides is 2. The van der Waals surface area contributed by atoms with Gasteiger partial charge < -0.3 is 50.8 Å². The van der Waals surface area contributed by atoms with Crippen molar-refractivity contribution in [3.05, 3.63) is 112 Å². The third-order valence-corrected chi connectivity index (χ3v) is 18.5. The predicted octanol–water partition coefficient (Wildman–Crippen LogP) is 11.3. The van der Waals surface area contributed by atoms with E-state index in [1.807, 2.05) is 0 Å². The molecule has 4 aliphatic heterocycles. The van der Waals surface area contributed by atoms with Gasteiger partial charge in [-0.1, -0.05) is 37.0 Å². The number of nitrogens with two attached hydrogens (primary N) is 1. The Labute approximate surface area is 546 Å². The molecule has 0 amide bonds. The SMILES string of the molecule is CCc1cc(N)c(OC)cc1N1CCC(N2CCCC2)CC1.CCc1cc(Nc2ncc(Cl)c(Nc3ccc4nccnc4c3NS(C)(=O)=O)n2)c(OC)cc1N1CCC(N2CCCC2)CC1.CS(=O)(=O)Nc1c(Nc2nc(Cl)ncc2Cl)ccc2nccnc12. The Hall–Kier alpha value is -7.59. The minimum Gasteiger partial charge on any atom is -0.495 e. The number of rotatable bonds is 18. The van der Waals surface area contributed by atoms with Gasteiger partial charge in [-0.2, -0.15) is 9.97 Å². The molecule has 0 bridgehead atoms. The maximum atomic E-state index is 12.2. The van der Waals surface area contributed by atoms with E-state index in [9.17, 15) is 16.8 Å². The van der Waals surface area contributed by atoms with E-state index < -0.39 is 20.0 Å². The summed E-state index contributed by atoms with van der Waals surface area (Å²) < 4.78 is 64.1. The van der Waals surface area contributed by atoms with Crippen LogP contribution in [-0.4, -0.2) is 158 Å². The van der Waals surface area contributed by atoms with Gasteiger partial charge in [0.05, 0.1) is 84.3 Å². The zero-order valence-electron chi connectivity index (χ0n) is 51.8. The molecule has 4 aromatic carbocycles. The van der Waals surface area contributed by atoms with E-state index in [-0.39, 0.29) is 38.3 Å². The lowest BCUT2D eigenvalue weighted by molar-refractivity contribution is 0.208. The molecule has 4 aliphatic rings. The Kier molecular flexibility index (Phi) is 21.7. The number of hydrogen-bond acceptors (Lipinski definition) is 22. The molecular formula is C62H77Cl3N18O6S2. The number of nitrogens with zero attached hydrogens (tertiary/aromatic N) is 12. The van der Waals surface area contributed by atoms with Gasteiger partial charge in [-0.25, -0.2) is 26.8 Å². The maximum Gasteiger partial charge on any atom is 0.229 e. The van der Waals surface area contributed by atoms with Gasteiger partial charge >= 0.3 is 0 Å². The number of anilines is 11. The summed E-state index contributed by atoms with van der Waals surface area (Å²) in [6.45, 7) is 13.8. The summed E-state index contributed by atoms with van der Waals surface area (Å²) in [6.07, 6.45) is 23.1. The van der Waals surface area contributed by atoms with Crippen LogP contribution in [0.15, 0.2) is 85.7 Å². The number of aryl methyl sites for hydroxylation is 2. The second-order valence-corrected chi connectivity index (χ2v) is 27.4. The molecule has 12 rings (SSSR count). The van der Waals surface area contributed by atoms with Gasteiger partial charge in [0.2, 0.25) is 31.3 Å². The molecule has 7 N–H and O–H groups in total. The summed E-state index contributed by atoms with van der Waals surface area (Å²) in [7, 11) is -3.83. The summed E-state index contributed by atoms with van der Waals surface area (Å²) in [5.41, 5.74) is 15.7. The molecule has 8 aromatic rings. The smallest absolute Gasteiger partial charge is 0.229 e. The van der Waals surface area contributed by atoms with Crippen LogP contribution in [0.5, 0.6) is 11.5 Å². The fraction of sp³-hybridized carbons (Fsp3) is 0.419. The number of nitrogens with one attached hydrogen (secondary N) is 5. The van der Waals surface area contributed by atoms with E-state index in [1.54, 1.807) is 44.7 Å². The predicted molar refractivity (Wildman–Crippen MR) is 366 cm³/mol. The normalized spacial score (nSPS) is 16.0. The highest BCUT2D eigenvalue weighted by Crippen LogP contribution is 2.40. The Morgan fingerprint density at radius 1 is 0.538 bits per heavy atom. The molecule has 91 heavy (non-hydrogen) atoms. The number of piperidine rings is 2. The first-order valence-electron chi connectivity index (χ1n) is 30.4. The zero-order valence-corrected chi connectivity index (χ0v) is 55.7. The first-order valence-corrected chi connectivity index (χ1v) is 35.3. The molecule has 29 heteroatoms. The van der Waals surface area contributed by atoms with E-state index >= 15 is 0 Å². The molecule has 0 saturated carbocycles. The van der Waals surface area contributed by atoms with Crippen LogP contribution in [0.3, 0.4) is 0 Å². The van der Waals surface area contributed by atoms with Gasteiger partial charge in [0.25, 0.3) is 0 Å². The van der Waals surface area contributed by atoms with E-state index in [4.69, 9.17) is 50.0 Å². The van der Waals surface area contributed by atoms with Crippen LogP contribution >= 0.6 is 34.8 Å². The van der Waals surface area contributed by atoms with E-state index in [2.05, 4.69) is 123 Å². The lowest BCUT2D eigenvalue weighted by atomic mass is 10.0. The average Bonchev–Trinajstić information content (AvgIpc) is 2.43. The molecule has 0 aliphatic carbocycles. The number of aromatic nitrogens is 8. The van der Waals surface area contributed by atoms with Gasteiger partial charge in [0.1, 0.15) is 32.6 Å². The van der Waals surface area contributed by atoms with Crippen molar-refractivity contribution in [2.24, 2.45) is 0 Å². The first kappa shape index (κ1) is 66.3. The Bertz CT molecular complexity index is 4100. The van der Waals surface area contributed by atoms with Crippen LogP contribution in [0, 0.1) is 0 Å². The summed E-state index contributed by atoms with van der Waals surface area (Å²) >= 11 is 18.3. The van der Waals surface area contributed by atoms with Gasteiger partial charge in [-0.05, 0) is 150 Å². The number of methoxy groups -OCH3 is 2. The van der Waals surface area contributed by atoms with Gasteiger partial charge in [0.15, 0.2) is 11.6 Å². The van der Waals surface area contributed by atoms with Crippen molar-refractivity contribution in [2.75, 3.05) is 120 Å². The maximum absolute atomic E-state index is 12.2. The number of nitrogen functional groups attached to an aromatic ring is 1. The number of ether oxygens (including phenoxy) is 2. The summed E-state index contributed by atoms with van der Waals surface area (Å²) in [4.78, 5) is 44.1. The van der Waals surface area contributed by atoms with Crippen molar-refractivity contribution in [3.63, 3.8) is 0 Å². The molecule has 484 valence electrons. The van der Waals surface area contributed by atoms with Gasteiger partial charge in [-0.15, -0.1) is 0 Å². The van der Waals surface area contributed by atoms with Crippen molar-refractivity contribution < 1.29 is 26.3 Å². The lowest BCUT2D eigenvalue weighted by Gasteiger charge is -2.38. The largest absolute Gasteiger partial charge is 0.495 e. The van der Waals surface area contributed by atoms with Gasteiger partial charge in [0, 0.05) is 86.6 Å². The summed E-state index contributed by atoms with van der Waals surface area (Å²) in [5.74, 6) is 2.29. The van der Waals surface area contributed by atoms with Gasteiger partial charge in [-0.3, -0.25) is 29.4 Å². The highest BCUT2D eigenvalue weighted by molar-refractivity contribution is 7.92. The molecule has 0 radical (unpaired) electrons. The fourth-order valence-corrected chi connectivity index (χ4v) is 13.8. The summed E-state index contributed by atoms with van der Waals surface area (Å²) in [5, 5.41) is 9.86. The number of fused-ring (bicyclic) bond motifs is 2. The number of likely N-dealkylation sites (tertiary alicyclic amines) is 2. The highest BCUT2D eigenvalue weighted by Gasteiger charge is 2.30. The molecule has 0 spiro atoms. The van der Waals surface area contributed by atoms with Crippen molar-refractivity contribution >= 4 is 140 Å². The fourth-order valence-electron chi connectivity index (χ4n) is 12.2. The van der Waals surface area contributed by atoms with Crippen LogP contribution in [0.4, 0.5) is 63.1 Å². The van der Waals surface area contributed by atoms with Crippen LogP contribution in [0.1, 0.15) is 76.3 Å². The quantitative estimate of drug-likeness (QED) is 0.0344. The van der Waals surface area contributed by atoms with E-state index in [1.165, 1.54) is 131 Å². The minimum atomic E-state index is -3.63. The number of hydrogen-bond donors (Lipinski definition) is 6. The topological polar surface area (TPSA) is 289 Å². The molecule has 0 atom stereocenters. The van der Waals surface area contributed by atoms with E-state index in [0.717, 1.165) is 74.7 Å². The number of benzene rings is 4. The minimum absolute atomic E-state index is 0.0000954. The zero-order chi connectivity index (χ0) is 64.4. The molecule has 24 nitrogen and oxygen atoms in total. The number of halogens is 3. The van der Waals surface area contributed by atoms with Crippen LogP contribution in [-0.2, 0) is 32.9 Å². The highest BCUT2D eigenvalue weighted by atomic mass is 35.5. The van der Waals surface area contributed by atoms with Crippen molar-refractivity contribution in [1.82, 2.24) is 49.7 Å². The molecule has 4 aromatic heterocycles. The lowest BCUT2D eigenvalue weighted by Crippen LogP contribution is -2.44. The van der Waals surface area contributed by atoms with Crippen LogP contribution < -0.4 is 50.4 Å². The Balaban J connectivity index is 0.000000166. The standard InChI is InChI=1S/C31H38ClN9O3S.C18H29N3O.C13H10Cl2N6O2S/c1-4-20-17-25(27(44-2)18-26(20)41-15-9-21(10-16-41)40-13-5-6-14-40)37-31-35-19-22(32)30(38-31)36-24-8-7-23-28(34-12-11-33-23)29(24)39-45(3,42)43;1-3-14-12-16(19)18(22-2)13-17(14)21-10-6-15(7-11-21)20-8-4-5-9-20;1-24(22,23)21-11-9(3-2-8-10(11)17-5-4-16-8)19-12-7(14)6-18-13(15)20-12/h7-8,11-12,17-19,21,39H,4-6,9-10,13-16H2,1-3H3,(H2,35,36,37,38);12-13,15H,3-11,19H2,1-2H3;2-6,21H,1H3,(H,18,19,20). The van der Waals surface area contributed by atoms with Crippen LogP contribution in [0.2, 0.25) is 15.3 Å². The van der Waals surface area contributed by atoms with Crippen molar-refractivity contribution in [1.29, 1.82) is 0 Å². The average molecular weight is 1340 g/mol. The molecule has 8 heterocycles. The first-order chi connectivity index (χ1) is 43.8. The second kappa shape index (κ2) is 29.8. The summed E-state index contributed by atoms with van der Waals surface area (Å²) in [6, 6.07) is 16.6. The third-order valence-electron chi connectivity index (χ3n) is 16.6. The third kappa shape index (κ3) is 16.7.